The smallest absolute Gasteiger partial charge is 0.187 e. The number of benzene rings is 2. The van der Waals surface area contributed by atoms with Gasteiger partial charge in [-0.1, -0.05) is 41.4 Å². The third kappa shape index (κ3) is 5.38. The van der Waals surface area contributed by atoms with Gasteiger partial charge in [-0.05, 0) is 56.1 Å². The number of hydrogen-bond acceptors (Lipinski definition) is 3. The van der Waals surface area contributed by atoms with Gasteiger partial charge in [-0.3, -0.25) is 4.79 Å². The highest BCUT2D eigenvalue weighted by Gasteiger charge is 2.08. The van der Waals surface area contributed by atoms with Crippen LogP contribution in [-0.2, 0) is 0 Å². The van der Waals surface area contributed by atoms with Gasteiger partial charge >= 0.3 is 0 Å². The normalized spacial score (nSPS) is 11.2. The second kappa shape index (κ2) is 8.88. The van der Waals surface area contributed by atoms with E-state index in [0.717, 1.165) is 24.3 Å². The van der Waals surface area contributed by atoms with Crippen molar-refractivity contribution in [2.24, 2.45) is 0 Å². The molecule has 0 aliphatic carbocycles. The Kier molecular flexibility index (Phi) is 6.85. The molecule has 0 fully saturated rings. The van der Waals surface area contributed by atoms with E-state index in [1.807, 2.05) is 38.4 Å². The largest absolute Gasteiger partial charge is 0.383 e. The number of allylic oxidation sites excluding steroid dienone is 1. The van der Waals surface area contributed by atoms with E-state index in [9.17, 15) is 4.79 Å². The predicted molar refractivity (Wildman–Crippen MR) is 103 cm³/mol. The summed E-state index contributed by atoms with van der Waals surface area (Å²) in [5.74, 6) is -0.0750. The summed E-state index contributed by atoms with van der Waals surface area (Å²) in [5.41, 5.74) is 2.22. The summed E-state index contributed by atoms with van der Waals surface area (Å²) in [7, 11) is 4.02. The first-order chi connectivity index (χ1) is 11.5. The van der Waals surface area contributed by atoms with Crippen LogP contribution in [-0.4, -0.2) is 37.9 Å². The van der Waals surface area contributed by atoms with E-state index in [1.54, 1.807) is 24.3 Å². The van der Waals surface area contributed by atoms with Crippen molar-refractivity contribution < 1.29 is 4.79 Å². The standard InChI is InChI=1S/C19H20Cl2N2O/c1-23(2)12-11-22-18-6-4-3-5-16(18)19(24)10-8-14-7-9-15(20)13-17(14)21/h3-10,13,22H,11-12H2,1-2H3/b10-8+. The molecule has 2 rings (SSSR count). The van der Waals surface area contributed by atoms with E-state index in [4.69, 9.17) is 23.2 Å². The Labute approximate surface area is 152 Å². The third-order valence-corrected chi connectivity index (χ3v) is 4.01. The van der Waals surface area contributed by atoms with E-state index in [2.05, 4.69) is 10.2 Å². The Hall–Kier alpha value is -1.81. The van der Waals surface area contributed by atoms with Crippen molar-refractivity contribution >= 4 is 40.7 Å². The average molecular weight is 363 g/mol. The van der Waals surface area contributed by atoms with Crippen LogP contribution < -0.4 is 5.32 Å². The van der Waals surface area contributed by atoms with Gasteiger partial charge in [0.15, 0.2) is 5.78 Å². The van der Waals surface area contributed by atoms with Crippen molar-refractivity contribution in [3.8, 4) is 0 Å². The number of halogens is 2. The second-order valence-corrected chi connectivity index (χ2v) is 6.48. The van der Waals surface area contributed by atoms with Crippen LogP contribution in [0.2, 0.25) is 10.0 Å². The minimum absolute atomic E-state index is 0.0750. The quantitative estimate of drug-likeness (QED) is 0.563. The molecule has 0 aromatic heterocycles. The molecule has 0 heterocycles. The first-order valence-electron chi connectivity index (χ1n) is 7.62. The number of nitrogens with zero attached hydrogens (tertiary/aromatic N) is 1. The first-order valence-corrected chi connectivity index (χ1v) is 8.38. The van der Waals surface area contributed by atoms with Crippen LogP contribution >= 0.6 is 23.2 Å². The lowest BCUT2D eigenvalue weighted by atomic mass is 10.1. The summed E-state index contributed by atoms with van der Waals surface area (Å²) in [6.45, 7) is 1.66. The van der Waals surface area contributed by atoms with Crippen LogP contribution in [0.5, 0.6) is 0 Å². The molecule has 24 heavy (non-hydrogen) atoms. The molecule has 5 heteroatoms. The molecule has 2 aromatic carbocycles. The van der Waals surface area contributed by atoms with Gasteiger partial charge in [-0.2, -0.15) is 0 Å². The van der Waals surface area contributed by atoms with Crippen LogP contribution in [0.1, 0.15) is 15.9 Å². The van der Waals surface area contributed by atoms with Gasteiger partial charge in [0, 0.05) is 34.4 Å². The van der Waals surface area contributed by atoms with Crippen molar-refractivity contribution in [1.29, 1.82) is 0 Å². The van der Waals surface area contributed by atoms with Crippen molar-refractivity contribution in [3.05, 3.63) is 69.7 Å². The highest BCUT2D eigenvalue weighted by molar-refractivity contribution is 6.35. The monoisotopic (exact) mass is 362 g/mol. The summed E-state index contributed by atoms with van der Waals surface area (Å²) in [6, 6.07) is 12.7. The Morgan fingerprint density at radius 3 is 2.62 bits per heavy atom. The van der Waals surface area contributed by atoms with Crippen molar-refractivity contribution in [2.45, 2.75) is 0 Å². The second-order valence-electron chi connectivity index (χ2n) is 5.64. The van der Waals surface area contributed by atoms with Gasteiger partial charge in [0.1, 0.15) is 0 Å². The minimum atomic E-state index is -0.0750. The Bertz CT molecular complexity index is 742. The summed E-state index contributed by atoms with van der Waals surface area (Å²) >= 11 is 12.0. The fraction of sp³-hybridized carbons (Fsp3) is 0.211. The number of nitrogens with one attached hydrogen (secondary N) is 1. The number of ketones is 1. The number of likely N-dealkylation sites (N-methyl/N-ethyl adjacent to an activating group) is 1. The number of hydrogen-bond donors (Lipinski definition) is 1. The van der Waals surface area contributed by atoms with Gasteiger partial charge in [0.05, 0.1) is 0 Å². The van der Waals surface area contributed by atoms with Crippen LogP contribution in [0.4, 0.5) is 5.69 Å². The van der Waals surface area contributed by atoms with Gasteiger partial charge in [-0.15, -0.1) is 0 Å². The molecule has 0 aliphatic rings. The molecule has 0 radical (unpaired) electrons. The lowest BCUT2D eigenvalue weighted by Crippen LogP contribution is -2.21. The summed E-state index contributed by atoms with van der Waals surface area (Å²) in [4.78, 5) is 14.6. The Morgan fingerprint density at radius 1 is 1.17 bits per heavy atom. The molecule has 0 spiro atoms. The number of para-hydroxylation sites is 1. The van der Waals surface area contributed by atoms with E-state index in [1.165, 1.54) is 6.08 Å². The van der Waals surface area contributed by atoms with Crippen molar-refractivity contribution in [3.63, 3.8) is 0 Å². The average Bonchev–Trinajstić information content (AvgIpc) is 2.54. The fourth-order valence-corrected chi connectivity index (χ4v) is 2.63. The summed E-state index contributed by atoms with van der Waals surface area (Å²) < 4.78 is 0. The number of anilines is 1. The molecule has 1 N–H and O–H groups in total. The zero-order chi connectivity index (χ0) is 17.5. The van der Waals surface area contributed by atoms with E-state index in [-0.39, 0.29) is 5.78 Å². The van der Waals surface area contributed by atoms with E-state index in [0.29, 0.717) is 15.6 Å². The molecule has 0 atom stereocenters. The van der Waals surface area contributed by atoms with Crippen LogP contribution in [0.3, 0.4) is 0 Å². The van der Waals surface area contributed by atoms with Crippen LogP contribution in [0.15, 0.2) is 48.5 Å². The Balaban J connectivity index is 2.13. The molecule has 0 unspecified atom stereocenters. The van der Waals surface area contributed by atoms with E-state index < -0.39 is 0 Å². The first kappa shape index (κ1) is 18.5. The van der Waals surface area contributed by atoms with Gasteiger partial charge in [-0.25, -0.2) is 0 Å². The molecule has 0 amide bonds. The maximum atomic E-state index is 12.5. The highest BCUT2D eigenvalue weighted by Crippen LogP contribution is 2.23. The Morgan fingerprint density at radius 2 is 1.92 bits per heavy atom. The number of carbonyl (C=O) groups excluding carboxylic acids is 1. The molecular formula is C19H20Cl2N2O. The maximum Gasteiger partial charge on any atom is 0.187 e. The third-order valence-electron chi connectivity index (χ3n) is 3.44. The molecule has 2 aromatic rings. The zero-order valence-electron chi connectivity index (χ0n) is 13.7. The van der Waals surface area contributed by atoms with E-state index >= 15 is 0 Å². The maximum absolute atomic E-state index is 12.5. The molecular weight excluding hydrogens is 343 g/mol. The van der Waals surface area contributed by atoms with Gasteiger partial charge in [0.2, 0.25) is 0 Å². The lowest BCUT2D eigenvalue weighted by molar-refractivity contribution is 0.104. The molecule has 3 nitrogen and oxygen atoms in total. The molecule has 0 bridgehead atoms. The highest BCUT2D eigenvalue weighted by atomic mass is 35.5. The zero-order valence-corrected chi connectivity index (χ0v) is 15.2. The molecule has 126 valence electrons. The minimum Gasteiger partial charge on any atom is -0.383 e. The van der Waals surface area contributed by atoms with Gasteiger partial charge < -0.3 is 10.2 Å². The van der Waals surface area contributed by atoms with Gasteiger partial charge in [0.25, 0.3) is 0 Å². The van der Waals surface area contributed by atoms with Crippen molar-refractivity contribution in [2.75, 3.05) is 32.5 Å². The summed E-state index contributed by atoms with van der Waals surface area (Å²) in [5, 5.41) is 4.39. The molecule has 0 saturated heterocycles. The lowest BCUT2D eigenvalue weighted by Gasteiger charge is -2.13. The summed E-state index contributed by atoms with van der Waals surface area (Å²) in [6.07, 6.45) is 3.24. The number of carbonyl (C=O) groups is 1. The SMILES string of the molecule is CN(C)CCNc1ccccc1C(=O)/C=C/c1ccc(Cl)cc1Cl. The predicted octanol–water partition coefficient (Wildman–Crippen LogP) is 4.86. The molecule has 0 saturated carbocycles. The van der Waals surface area contributed by atoms with Crippen molar-refractivity contribution in [1.82, 2.24) is 4.90 Å². The fourth-order valence-electron chi connectivity index (χ4n) is 2.16. The van der Waals surface area contributed by atoms with Crippen LogP contribution in [0.25, 0.3) is 6.08 Å². The molecule has 0 aliphatic heterocycles. The number of rotatable bonds is 7. The topological polar surface area (TPSA) is 32.3 Å². The van der Waals surface area contributed by atoms with Crippen LogP contribution in [0, 0.1) is 0 Å².